The zero-order valence-corrected chi connectivity index (χ0v) is 22.2. The predicted octanol–water partition coefficient (Wildman–Crippen LogP) is 6.76. The topological polar surface area (TPSA) is 42.3 Å². The second-order valence-corrected chi connectivity index (χ2v) is 10.0. The van der Waals surface area contributed by atoms with Gasteiger partial charge in [0.25, 0.3) is 0 Å². The summed E-state index contributed by atoms with van der Waals surface area (Å²) < 4.78 is 8.20. The van der Waals surface area contributed by atoms with Crippen molar-refractivity contribution in [1.29, 1.82) is 0 Å². The van der Waals surface area contributed by atoms with Crippen LogP contribution < -0.4 is 15.0 Å². The number of aryl methyl sites for hydroxylation is 2. The van der Waals surface area contributed by atoms with Gasteiger partial charge in [-0.15, -0.1) is 0 Å². The van der Waals surface area contributed by atoms with Crippen LogP contribution in [0.3, 0.4) is 0 Å². The molecule has 2 atom stereocenters. The minimum Gasteiger partial charge on any atom is -0.491 e. The first-order valence-electron chi connectivity index (χ1n) is 12.4. The van der Waals surface area contributed by atoms with E-state index in [4.69, 9.17) is 21.9 Å². The first kappa shape index (κ1) is 24.1. The number of hydrogen-bond donors (Lipinski definition) is 1. The maximum Gasteiger partial charge on any atom is 0.174 e. The summed E-state index contributed by atoms with van der Waals surface area (Å²) in [6.45, 7) is 10.5. The number of nitrogens with one attached hydrogen (secondary N) is 1. The second-order valence-electron chi connectivity index (χ2n) is 9.65. The standard InChI is InChI=1S/C30H32N4OS/c1-19(2)35-25-15-13-24(14-16-25)34-29(28(32-30(34)36)27-8-6-7-17-31-27)26-18-21(4)33(22(26)5)23-11-9-20(3)10-12-23/h6-19,28-29H,1-5H3,(H,32,36)/t28-,29-/m0/s1. The van der Waals surface area contributed by atoms with Crippen LogP contribution in [0.5, 0.6) is 5.75 Å². The fourth-order valence-corrected chi connectivity index (χ4v) is 5.43. The van der Waals surface area contributed by atoms with E-state index < -0.39 is 0 Å². The lowest BCUT2D eigenvalue weighted by Crippen LogP contribution is -2.29. The van der Waals surface area contributed by atoms with E-state index in [1.165, 1.54) is 22.5 Å². The van der Waals surface area contributed by atoms with Crippen molar-refractivity contribution >= 4 is 23.0 Å². The van der Waals surface area contributed by atoms with E-state index in [1.807, 2.05) is 44.3 Å². The number of pyridine rings is 1. The fourth-order valence-electron chi connectivity index (χ4n) is 5.08. The average molecular weight is 497 g/mol. The summed E-state index contributed by atoms with van der Waals surface area (Å²) in [5.41, 5.74) is 7.99. The van der Waals surface area contributed by atoms with E-state index >= 15 is 0 Å². The number of ether oxygens (including phenoxy) is 1. The highest BCUT2D eigenvalue weighted by Gasteiger charge is 2.42. The van der Waals surface area contributed by atoms with Gasteiger partial charge in [0, 0.05) is 29.0 Å². The molecule has 2 aromatic carbocycles. The van der Waals surface area contributed by atoms with Crippen molar-refractivity contribution in [2.24, 2.45) is 0 Å². The molecule has 4 aromatic rings. The Balaban J connectivity index is 1.62. The Morgan fingerprint density at radius 2 is 1.61 bits per heavy atom. The molecule has 1 aliphatic rings. The van der Waals surface area contributed by atoms with Gasteiger partial charge in [0.05, 0.1) is 23.9 Å². The molecule has 0 amide bonds. The Bertz CT molecular complexity index is 1360. The molecule has 1 N–H and O–H groups in total. The largest absolute Gasteiger partial charge is 0.491 e. The quantitative estimate of drug-likeness (QED) is 0.299. The van der Waals surface area contributed by atoms with Gasteiger partial charge in [-0.1, -0.05) is 23.8 Å². The molecule has 0 radical (unpaired) electrons. The number of hydrogen-bond acceptors (Lipinski definition) is 3. The Morgan fingerprint density at radius 3 is 2.25 bits per heavy atom. The molecule has 0 unspecified atom stereocenters. The Kier molecular flexibility index (Phi) is 6.54. The molecule has 36 heavy (non-hydrogen) atoms. The number of thiocarbonyl (C=S) groups is 1. The molecule has 1 aliphatic heterocycles. The van der Waals surface area contributed by atoms with Crippen molar-refractivity contribution in [3.63, 3.8) is 0 Å². The van der Waals surface area contributed by atoms with Gasteiger partial charge in [-0.25, -0.2) is 0 Å². The minimum absolute atomic E-state index is 0.0605. The van der Waals surface area contributed by atoms with Crippen LogP contribution in [-0.2, 0) is 0 Å². The zero-order valence-electron chi connectivity index (χ0n) is 21.4. The van der Waals surface area contributed by atoms with Gasteiger partial charge in [-0.3, -0.25) is 4.98 Å². The number of anilines is 1. The Hall–Kier alpha value is -3.64. The maximum atomic E-state index is 5.92. The Labute approximate surface area is 218 Å². The van der Waals surface area contributed by atoms with Gasteiger partial charge in [0.2, 0.25) is 0 Å². The van der Waals surface area contributed by atoms with E-state index in [9.17, 15) is 0 Å². The number of benzene rings is 2. The predicted molar refractivity (Wildman–Crippen MR) is 150 cm³/mol. The molecule has 2 aromatic heterocycles. The molecule has 6 heteroatoms. The average Bonchev–Trinajstić information content (AvgIpc) is 3.35. The third-order valence-corrected chi connectivity index (χ3v) is 6.98. The highest BCUT2D eigenvalue weighted by molar-refractivity contribution is 7.80. The lowest BCUT2D eigenvalue weighted by Gasteiger charge is -2.28. The molecule has 5 rings (SSSR count). The van der Waals surface area contributed by atoms with Crippen LogP contribution in [0.1, 0.15) is 54.1 Å². The summed E-state index contributed by atoms with van der Waals surface area (Å²) in [7, 11) is 0. The van der Waals surface area contributed by atoms with Crippen LogP contribution in [0.2, 0.25) is 0 Å². The maximum absolute atomic E-state index is 5.92. The normalized spacial score (nSPS) is 17.5. The first-order chi connectivity index (χ1) is 17.3. The minimum atomic E-state index is -0.0859. The van der Waals surface area contributed by atoms with E-state index in [1.54, 1.807) is 0 Å². The van der Waals surface area contributed by atoms with Crippen molar-refractivity contribution in [1.82, 2.24) is 14.9 Å². The van der Waals surface area contributed by atoms with Gasteiger partial charge in [0.15, 0.2) is 5.11 Å². The summed E-state index contributed by atoms with van der Waals surface area (Å²) in [6.07, 6.45) is 1.96. The van der Waals surface area contributed by atoms with E-state index in [0.29, 0.717) is 5.11 Å². The van der Waals surface area contributed by atoms with E-state index in [-0.39, 0.29) is 18.2 Å². The molecule has 0 saturated carbocycles. The smallest absolute Gasteiger partial charge is 0.174 e. The highest BCUT2D eigenvalue weighted by Crippen LogP contribution is 2.44. The van der Waals surface area contributed by atoms with E-state index in [2.05, 4.69) is 84.1 Å². The van der Waals surface area contributed by atoms with Crippen molar-refractivity contribution in [3.8, 4) is 11.4 Å². The molecular formula is C30H32N4OS. The lowest BCUT2D eigenvalue weighted by atomic mass is 9.96. The second kappa shape index (κ2) is 9.78. The molecule has 184 valence electrons. The lowest BCUT2D eigenvalue weighted by molar-refractivity contribution is 0.242. The van der Waals surface area contributed by atoms with Crippen molar-refractivity contribution < 1.29 is 4.74 Å². The van der Waals surface area contributed by atoms with Crippen LogP contribution >= 0.6 is 12.2 Å². The van der Waals surface area contributed by atoms with Crippen LogP contribution in [0.15, 0.2) is 79.0 Å². The molecule has 5 nitrogen and oxygen atoms in total. The van der Waals surface area contributed by atoms with Gasteiger partial charge >= 0.3 is 0 Å². The molecule has 0 bridgehead atoms. The third kappa shape index (κ3) is 4.49. The van der Waals surface area contributed by atoms with Crippen LogP contribution in [0.25, 0.3) is 5.69 Å². The molecule has 0 aliphatic carbocycles. The van der Waals surface area contributed by atoms with Gasteiger partial charge < -0.3 is 19.5 Å². The fraction of sp³-hybridized carbons (Fsp3) is 0.267. The molecule has 0 spiro atoms. The summed E-state index contributed by atoms with van der Waals surface area (Å²) in [5.74, 6) is 0.849. The van der Waals surface area contributed by atoms with Gasteiger partial charge in [0.1, 0.15) is 5.75 Å². The van der Waals surface area contributed by atoms with Crippen molar-refractivity contribution in [2.45, 2.75) is 52.8 Å². The van der Waals surface area contributed by atoms with E-state index in [0.717, 1.165) is 22.8 Å². The number of aromatic nitrogens is 2. The summed E-state index contributed by atoms with van der Waals surface area (Å²) >= 11 is 5.92. The monoisotopic (exact) mass is 496 g/mol. The molecule has 1 saturated heterocycles. The number of rotatable bonds is 6. The van der Waals surface area contributed by atoms with Crippen LogP contribution in [0.4, 0.5) is 5.69 Å². The summed E-state index contributed by atoms with van der Waals surface area (Å²) in [6, 6.07) is 25.0. The molecular weight excluding hydrogens is 464 g/mol. The highest BCUT2D eigenvalue weighted by atomic mass is 32.1. The van der Waals surface area contributed by atoms with Crippen LogP contribution in [-0.4, -0.2) is 20.8 Å². The first-order valence-corrected chi connectivity index (χ1v) is 12.8. The van der Waals surface area contributed by atoms with Gasteiger partial charge in [-0.05, 0) is 107 Å². The Morgan fingerprint density at radius 1 is 0.917 bits per heavy atom. The number of nitrogens with zero attached hydrogens (tertiary/aromatic N) is 3. The SMILES string of the molecule is Cc1ccc(-n2c(C)cc([C@H]3[C@H](c4ccccn4)NC(=S)N3c3ccc(OC(C)C)cc3)c2C)cc1. The third-order valence-electron chi connectivity index (χ3n) is 6.67. The molecule has 1 fully saturated rings. The summed E-state index contributed by atoms with van der Waals surface area (Å²) in [5, 5.41) is 4.26. The summed E-state index contributed by atoms with van der Waals surface area (Å²) in [4.78, 5) is 6.91. The van der Waals surface area contributed by atoms with Crippen LogP contribution in [0, 0.1) is 20.8 Å². The van der Waals surface area contributed by atoms with Gasteiger partial charge in [-0.2, -0.15) is 0 Å². The zero-order chi connectivity index (χ0) is 25.4. The molecule has 3 heterocycles. The van der Waals surface area contributed by atoms with Crippen molar-refractivity contribution in [3.05, 3.63) is 107 Å². The van der Waals surface area contributed by atoms with Crippen molar-refractivity contribution in [2.75, 3.05) is 4.90 Å².